The van der Waals surface area contributed by atoms with Crippen LogP contribution in [0.25, 0.3) is 11.0 Å². The first-order valence-electron chi connectivity index (χ1n) is 5.92. The third-order valence-corrected chi connectivity index (χ3v) is 3.27. The summed E-state index contributed by atoms with van der Waals surface area (Å²) in [5.74, 6) is 1.52. The van der Waals surface area contributed by atoms with Gasteiger partial charge in [-0.3, -0.25) is 0 Å². The maximum Gasteiger partial charge on any atom is 0.111 e. The van der Waals surface area contributed by atoms with Crippen molar-refractivity contribution < 1.29 is 0 Å². The van der Waals surface area contributed by atoms with Gasteiger partial charge in [0, 0.05) is 12.3 Å². The molecule has 2 nitrogen and oxygen atoms in total. The van der Waals surface area contributed by atoms with E-state index in [0.29, 0.717) is 5.88 Å². The molecular weight excluding hydrogens is 244 g/mol. The van der Waals surface area contributed by atoms with Crippen molar-refractivity contribution >= 4 is 22.6 Å². The highest BCUT2D eigenvalue weighted by molar-refractivity contribution is 6.17. The number of hydrogen-bond donors (Lipinski definition) is 1. The zero-order chi connectivity index (χ0) is 12.4. The van der Waals surface area contributed by atoms with E-state index in [1.165, 1.54) is 5.56 Å². The Labute approximate surface area is 111 Å². The molecule has 0 saturated carbocycles. The number of fused-ring (bicyclic) bond motifs is 1. The number of nitrogens with one attached hydrogen (secondary N) is 1. The van der Waals surface area contributed by atoms with E-state index in [1.807, 2.05) is 30.3 Å². The molecule has 1 heterocycles. The highest BCUT2D eigenvalue weighted by atomic mass is 35.5. The zero-order valence-electron chi connectivity index (χ0n) is 9.86. The second-order valence-corrected chi connectivity index (χ2v) is 4.60. The molecule has 18 heavy (non-hydrogen) atoms. The van der Waals surface area contributed by atoms with Crippen LogP contribution in [0.15, 0.2) is 48.5 Å². The fourth-order valence-corrected chi connectivity index (χ4v) is 2.23. The van der Waals surface area contributed by atoms with E-state index in [9.17, 15) is 0 Å². The summed E-state index contributed by atoms with van der Waals surface area (Å²) in [6.07, 6.45) is 0.825. The maximum absolute atomic E-state index is 5.83. The van der Waals surface area contributed by atoms with E-state index in [1.54, 1.807) is 0 Å². The average Bonchev–Trinajstić information content (AvgIpc) is 2.80. The van der Waals surface area contributed by atoms with Crippen LogP contribution in [0.4, 0.5) is 0 Å². The molecule has 0 aliphatic carbocycles. The molecule has 90 valence electrons. The van der Waals surface area contributed by atoms with Gasteiger partial charge in [-0.15, -0.1) is 11.6 Å². The summed E-state index contributed by atoms with van der Waals surface area (Å²) in [6, 6.07) is 16.4. The van der Waals surface area contributed by atoms with Crippen LogP contribution in [-0.2, 0) is 12.3 Å². The standard InChI is InChI=1S/C15H13ClN2/c16-10-12-6-7-13-14(8-12)18-15(17-13)9-11-4-2-1-3-5-11/h1-8H,9-10H2,(H,17,18). The van der Waals surface area contributed by atoms with Crippen LogP contribution >= 0.6 is 11.6 Å². The van der Waals surface area contributed by atoms with Gasteiger partial charge in [-0.1, -0.05) is 36.4 Å². The van der Waals surface area contributed by atoms with Crippen molar-refractivity contribution in [3.05, 3.63) is 65.5 Å². The van der Waals surface area contributed by atoms with Gasteiger partial charge >= 0.3 is 0 Å². The number of benzene rings is 2. The molecule has 0 fully saturated rings. The first kappa shape index (κ1) is 11.3. The van der Waals surface area contributed by atoms with Crippen molar-refractivity contribution in [2.45, 2.75) is 12.3 Å². The Morgan fingerprint density at radius 2 is 1.83 bits per heavy atom. The highest BCUT2D eigenvalue weighted by Crippen LogP contribution is 2.16. The number of aromatic nitrogens is 2. The summed E-state index contributed by atoms with van der Waals surface area (Å²) >= 11 is 5.83. The molecule has 3 heteroatoms. The Morgan fingerprint density at radius 1 is 1.00 bits per heavy atom. The van der Waals surface area contributed by atoms with Gasteiger partial charge in [0.2, 0.25) is 0 Å². The predicted molar refractivity (Wildman–Crippen MR) is 74.9 cm³/mol. The van der Waals surface area contributed by atoms with Crippen molar-refractivity contribution in [3.63, 3.8) is 0 Å². The molecule has 0 spiro atoms. The summed E-state index contributed by atoms with van der Waals surface area (Å²) in [7, 11) is 0. The zero-order valence-corrected chi connectivity index (χ0v) is 10.6. The van der Waals surface area contributed by atoms with Crippen molar-refractivity contribution in [2.24, 2.45) is 0 Å². The third-order valence-electron chi connectivity index (χ3n) is 2.96. The lowest BCUT2D eigenvalue weighted by Gasteiger charge is -1.96. The lowest BCUT2D eigenvalue weighted by molar-refractivity contribution is 1.04. The molecule has 0 atom stereocenters. The molecule has 3 rings (SSSR count). The second kappa shape index (κ2) is 4.83. The molecule has 0 aliphatic heterocycles. The fraction of sp³-hybridized carbons (Fsp3) is 0.133. The number of aromatic amines is 1. The van der Waals surface area contributed by atoms with Crippen molar-refractivity contribution in [1.29, 1.82) is 0 Å². The van der Waals surface area contributed by atoms with Gasteiger partial charge in [-0.25, -0.2) is 4.98 Å². The van der Waals surface area contributed by atoms with E-state index < -0.39 is 0 Å². The molecule has 0 aliphatic rings. The van der Waals surface area contributed by atoms with Crippen molar-refractivity contribution in [3.8, 4) is 0 Å². The summed E-state index contributed by atoms with van der Waals surface area (Å²) in [5, 5.41) is 0. The van der Waals surface area contributed by atoms with Crippen molar-refractivity contribution in [1.82, 2.24) is 9.97 Å². The number of hydrogen-bond acceptors (Lipinski definition) is 1. The molecule has 1 N–H and O–H groups in total. The van der Waals surface area contributed by atoms with Gasteiger partial charge < -0.3 is 4.98 Å². The van der Waals surface area contributed by atoms with Gasteiger partial charge in [-0.2, -0.15) is 0 Å². The van der Waals surface area contributed by atoms with Crippen molar-refractivity contribution in [2.75, 3.05) is 0 Å². The topological polar surface area (TPSA) is 28.7 Å². The molecule has 1 aromatic heterocycles. The molecule has 0 radical (unpaired) electrons. The smallest absolute Gasteiger partial charge is 0.111 e. The van der Waals surface area contributed by atoms with E-state index in [4.69, 9.17) is 11.6 Å². The normalized spacial score (nSPS) is 10.9. The van der Waals surface area contributed by atoms with Crippen LogP contribution in [0.1, 0.15) is 17.0 Å². The molecule has 2 aromatic carbocycles. The van der Waals surface area contributed by atoms with Crippen LogP contribution in [-0.4, -0.2) is 9.97 Å². The van der Waals surface area contributed by atoms with Gasteiger partial charge in [0.05, 0.1) is 11.0 Å². The minimum Gasteiger partial charge on any atom is -0.342 e. The third kappa shape index (κ3) is 2.24. The Balaban J connectivity index is 1.94. The molecule has 0 unspecified atom stereocenters. The molecule has 0 amide bonds. The van der Waals surface area contributed by atoms with Crippen LogP contribution in [0.5, 0.6) is 0 Å². The van der Waals surface area contributed by atoms with Crippen LogP contribution in [0.2, 0.25) is 0 Å². The first-order chi connectivity index (χ1) is 8.85. The molecular formula is C15H13ClN2. The summed E-state index contributed by atoms with van der Waals surface area (Å²) in [6.45, 7) is 0. The highest BCUT2D eigenvalue weighted by Gasteiger charge is 2.04. The second-order valence-electron chi connectivity index (χ2n) is 4.33. The predicted octanol–water partition coefficient (Wildman–Crippen LogP) is 3.89. The van der Waals surface area contributed by atoms with Crippen LogP contribution in [0.3, 0.4) is 0 Å². The lowest BCUT2D eigenvalue weighted by atomic mass is 10.1. The van der Waals surface area contributed by atoms with Gasteiger partial charge in [-0.05, 0) is 23.3 Å². The largest absolute Gasteiger partial charge is 0.342 e. The summed E-state index contributed by atoms with van der Waals surface area (Å²) in [4.78, 5) is 7.93. The maximum atomic E-state index is 5.83. The Hall–Kier alpha value is -1.80. The first-order valence-corrected chi connectivity index (χ1v) is 6.46. The van der Waals surface area contributed by atoms with E-state index >= 15 is 0 Å². The van der Waals surface area contributed by atoms with Gasteiger partial charge in [0.1, 0.15) is 5.82 Å². The number of imidazole rings is 1. The number of halogens is 1. The monoisotopic (exact) mass is 256 g/mol. The molecule has 0 saturated heterocycles. The number of nitrogens with zero attached hydrogens (tertiary/aromatic N) is 1. The van der Waals surface area contributed by atoms with Crippen LogP contribution < -0.4 is 0 Å². The Bertz CT molecular complexity index is 659. The quantitative estimate of drug-likeness (QED) is 0.708. The SMILES string of the molecule is ClCc1ccc2nc(Cc3ccccc3)[nH]c2c1. The molecule has 3 aromatic rings. The van der Waals surface area contributed by atoms with Gasteiger partial charge in [0.25, 0.3) is 0 Å². The fourth-order valence-electron chi connectivity index (χ4n) is 2.07. The number of rotatable bonds is 3. The molecule has 0 bridgehead atoms. The van der Waals surface area contributed by atoms with Crippen LogP contribution in [0, 0.1) is 0 Å². The average molecular weight is 257 g/mol. The summed E-state index contributed by atoms with van der Waals surface area (Å²) in [5.41, 5.74) is 4.42. The summed E-state index contributed by atoms with van der Waals surface area (Å²) < 4.78 is 0. The number of alkyl halides is 1. The number of H-pyrrole nitrogens is 1. The van der Waals surface area contributed by atoms with Gasteiger partial charge in [0.15, 0.2) is 0 Å². The van der Waals surface area contributed by atoms with E-state index in [2.05, 4.69) is 28.2 Å². The van der Waals surface area contributed by atoms with E-state index in [-0.39, 0.29) is 0 Å². The van der Waals surface area contributed by atoms with E-state index in [0.717, 1.165) is 28.8 Å². The Morgan fingerprint density at radius 3 is 2.61 bits per heavy atom. The lowest BCUT2D eigenvalue weighted by Crippen LogP contribution is -1.89. The minimum atomic E-state index is 0.531. The minimum absolute atomic E-state index is 0.531. The Kier molecular flexibility index (Phi) is 3.03.